The van der Waals surface area contributed by atoms with Crippen molar-refractivity contribution in [2.45, 2.75) is 44.2 Å². The Morgan fingerprint density at radius 1 is 0.976 bits per heavy atom. The highest BCUT2D eigenvalue weighted by Crippen LogP contribution is 2.35. The number of nitrogens with zero attached hydrogens (tertiary/aromatic N) is 2. The van der Waals surface area contributed by atoms with Crippen LogP contribution in [0.15, 0.2) is 73.1 Å². The van der Waals surface area contributed by atoms with Crippen molar-refractivity contribution in [3.8, 4) is 11.5 Å². The molecule has 10 nitrogen and oxygen atoms in total. The fraction of sp³-hybridized carbons (Fsp3) is 0.290. The molecule has 0 unspecified atom stereocenters. The fourth-order valence-corrected chi connectivity index (χ4v) is 4.67. The van der Waals surface area contributed by atoms with Crippen molar-refractivity contribution in [3.05, 3.63) is 78.6 Å². The highest BCUT2D eigenvalue weighted by Gasteiger charge is 2.23. The maximum absolute atomic E-state index is 12.4. The molecule has 0 aliphatic heterocycles. The van der Waals surface area contributed by atoms with E-state index >= 15 is 0 Å². The Bertz CT molecular complexity index is 1490. The van der Waals surface area contributed by atoms with Gasteiger partial charge in [0.05, 0.1) is 19.2 Å². The van der Waals surface area contributed by atoms with Crippen molar-refractivity contribution < 1.29 is 23.8 Å². The molecule has 1 aliphatic rings. The molecule has 4 N–H and O–H groups in total. The van der Waals surface area contributed by atoms with Gasteiger partial charge in [-0.2, -0.15) is 0 Å². The number of rotatable bonds is 11. The SMILES string of the molecule is COc1cc2c(Nc3ccc(NC(=O)c4ccccc4)cc3)ncnc2cc1OCC[C@H](N)C(=O)OC1CCCC1. The number of nitrogens with one attached hydrogen (secondary N) is 2. The van der Waals surface area contributed by atoms with Crippen LogP contribution < -0.4 is 25.8 Å². The summed E-state index contributed by atoms with van der Waals surface area (Å²) in [5, 5.41) is 6.92. The van der Waals surface area contributed by atoms with Crippen molar-refractivity contribution in [1.29, 1.82) is 0 Å². The summed E-state index contributed by atoms with van der Waals surface area (Å²) < 4.78 is 17.0. The largest absolute Gasteiger partial charge is 0.493 e. The van der Waals surface area contributed by atoms with Gasteiger partial charge in [0.1, 0.15) is 24.3 Å². The smallest absolute Gasteiger partial charge is 0.323 e. The highest BCUT2D eigenvalue weighted by atomic mass is 16.5. The molecule has 1 aromatic heterocycles. The van der Waals surface area contributed by atoms with Crippen LogP contribution in [0.1, 0.15) is 42.5 Å². The first-order valence-electron chi connectivity index (χ1n) is 13.7. The molecule has 1 heterocycles. The molecule has 0 spiro atoms. The lowest BCUT2D eigenvalue weighted by Gasteiger charge is -2.17. The Hall–Kier alpha value is -4.70. The molecule has 1 saturated carbocycles. The van der Waals surface area contributed by atoms with E-state index < -0.39 is 6.04 Å². The first kappa shape index (κ1) is 27.9. The molecule has 41 heavy (non-hydrogen) atoms. The summed E-state index contributed by atoms with van der Waals surface area (Å²) in [5.74, 6) is 0.999. The van der Waals surface area contributed by atoms with Crippen molar-refractivity contribution in [2.24, 2.45) is 5.73 Å². The topological polar surface area (TPSA) is 138 Å². The summed E-state index contributed by atoms with van der Waals surface area (Å²) in [5.41, 5.74) is 8.72. The number of hydrogen-bond acceptors (Lipinski definition) is 9. The Morgan fingerprint density at radius 3 is 2.44 bits per heavy atom. The Balaban J connectivity index is 1.22. The van der Waals surface area contributed by atoms with Crippen molar-refractivity contribution in [1.82, 2.24) is 9.97 Å². The average Bonchev–Trinajstić information content (AvgIpc) is 3.51. The van der Waals surface area contributed by atoms with Crippen molar-refractivity contribution >= 4 is 40.0 Å². The number of carbonyl (C=O) groups excluding carboxylic acids is 2. The minimum Gasteiger partial charge on any atom is -0.493 e. The second-order valence-electron chi connectivity index (χ2n) is 9.85. The van der Waals surface area contributed by atoms with Gasteiger partial charge in [-0.15, -0.1) is 0 Å². The Morgan fingerprint density at radius 2 is 1.71 bits per heavy atom. The van der Waals surface area contributed by atoms with E-state index in [-0.39, 0.29) is 24.6 Å². The third-order valence-corrected chi connectivity index (χ3v) is 6.94. The van der Waals surface area contributed by atoms with E-state index in [1.165, 1.54) is 6.33 Å². The van der Waals surface area contributed by atoms with Gasteiger partial charge < -0.3 is 30.6 Å². The summed E-state index contributed by atoms with van der Waals surface area (Å²) >= 11 is 0. The summed E-state index contributed by atoms with van der Waals surface area (Å²) in [6.07, 6.45) is 5.73. The van der Waals surface area contributed by atoms with Crippen LogP contribution >= 0.6 is 0 Å². The number of hydrogen-bond donors (Lipinski definition) is 3. The van der Waals surface area contributed by atoms with E-state index in [1.807, 2.05) is 42.5 Å². The third kappa shape index (κ3) is 7.09. The second-order valence-corrected chi connectivity index (χ2v) is 9.85. The zero-order valence-corrected chi connectivity index (χ0v) is 22.8. The van der Waals surface area contributed by atoms with E-state index in [0.717, 1.165) is 36.8 Å². The van der Waals surface area contributed by atoms with Gasteiger partial charge in [0.25, 0.3) is 5.91 Å². The summed E-state index contributed by atoms with van der Waals surface area (Å²) in [7, 11) is 1.55. The first-order chi connectivity index (χ1) is 20.0. The van der Waals surface area contributed by atoms with E-state index in [4.69, 9.17) is 19.9 Å². The molecule has 1 fully saturated rings. The number of nitrogens with two attached hydrogens (primary N) is 1. The van der Waals surface area contributed by atoms with Crippen LogP contribution in [0.3, 0.4) is 0 Å². The molecule has 4 aromatic rings. The van der Waals surface area contributed by atoms with Crippen LogP contribution in [0, 0.1) is 0 Å². The Labute approximate surface area is 238 Å². The van der Waals surface area contributed by atoms with Crippen LogP contribution in [0.5, 0.6) is 11.5 Å². The molecule has 1 aliphatic carbocycles. The molecule has 0 saturated heterocycles. The molecular weight excluding hydrogens is 522 g/mol. The number of fused-ring (bicyclic) bond motifs is 1. The van der Waals surface area contributed by atoms with Gasteiger partial charge in [-0.25, -0.2) is 9.97 Å². The molecule has 212 valence electrons. The summed E-state index contributed by atoms with van der Waals surface area (Å²) in [6.45, 7) is 0.214. The molecule has 0 bridgehead atoms. The van der Waals surface area contributed by atoms with Gasteiger partial charge in [0.2, 0.25) is 0 Å². The normalized spacial score (nSPS) is 13.9. The highest BCUT2D eigenvalue weighted by molar-refractivity contribution is 6.04. The monoisotopic (exact) mass is 555 g/mol. The zero-order valence-electron chi connectivity index (χ0n) is 22.8. The maximum atomic E-state index is 12.4. The van der Waals surface area contributed by atoms with Gasteiger partial charge in [0.15, 0.2) is 11.5 Å². The molecule has 1 atom stereocenters. The average molecular weight is 556 g/mol. The minimum atomic E-state index is -0.752. The number of methoxy groups -OCH3 is 1. The number of benzene rings is 3. The van der Waals surface area contributed by atoms with E-state index in [9.17, 15) is 9.59 Å². The number of amides is 1. The predicted octanol–water partition coefficient (Wildman–Crippen LogP) is 5.22. The predicted molar refractivity (Wildman–Crippen MR) is 157 cm³/mol. The number of aromatic nitrogens is 2. The Kier molecular flexibility index (Phi) is 8.90. The molecule has 3 aromatic carbocycles. The number of ether oxygens (including phenoxy) is 3. The van der Waals surface area contributed by atoms with Crippen molar-refractivity contribution in [2.75, 3.05) is 24.4 Å². The van der Waals surface area contributed by atoms with Crippen molar-refractivity contribution in [3.63, 3.8) is 0 Å². The van der Waals surface area contributed by atoms with Gasteiger partial charge in [-0.1, -0.05) is 18.2 Å². The zero-order chi connectivity index (χ0) is 28.6. The van der Waals surface area contributed by atoms with Crippen LogP contribution in [0.2, 0.25) is 0 Å². The lowest BCUT2D eigenvalue weighted by atomic mass is 10.2. The minimum absolute atomic E-state index is 0.0176. The van der Waals surface area contributed by atoms with E-state index in [0.29, 0.717) is 40.5 Å². The molecule has 10 heteroatoms. The van der Waals surface area contributed by atoms with Crippen LogP contribution in [-0.4, -0.2) is 47.7 Å². The van der Waals surface area contributed by atoms with Gasteiger partial charge in [0, 0.05) is 34.8 Å². The molecule has 1 amide bonds. The first-order valence-corrected chi connectivity index (χ1v) is 13.7. The van der Waals surface area contributed by atoms with Gasteiger partial charge >= 0.3 is 5.97 Å². The quantitative estimate of drug-likeness (QED) is 0.213. The fourth-order valence-electron chi connectivity index (χ4n) is 4.67. The standard InChI is InChI=1S/C31H33N5O5/c1-39-27-17-24-26(18-28(27)40-16-15-25(32)31(38)41-23-9-5-6-10-23)33-19-34-29(24)35-21-11-13-22(14-12-21)36-30(37)20-7-3-2-4-8-20/h2-4,7-8,11-14,17-19,23,25H,5-6,9-10,15-16,32H2,1H3,(H,36,37)(H,33,34,35)/t25-/m0/s1. The molecule has 5 rings (SSSR count). The van der Waals surface area contributed by atoms with E-state index in [2.05, 4.69) is 20.6 Å². The van der Waals surface area contributed by atoms with E-state index in [1.54, 1.807) is 31.4 Å². The van der Waals surface area contributed by atoms with Crippen LogP contribution in [0.4, 0.5) is 17.2 Å². The summed E-state index contributed by atoms with van der Waals surface area (Å²) in [4.78, 5) is 33.5. The maximum Gasteiger partial charge on any atom is 0.323 e. The van der Waals surface area contributed by atoms with Crippen LogP contribution in [-0.2, 0) is 9.53 Å². The van der Waals surface area contributed by atoms with Crippen LogP contribution in [0.25, 0.3) is 10.9 Å². The molecular formula is C31H33N5O5. The second kappa shape index (κ2) is 13.1. The lowest BCUT2D eigenvalue weighted by molar-refractivity contribution is -0.150. The number of carbonyl (C=O) groups is 2. The lowest BCUT2D eigenvalue weighted by Crippen LogP contribution is -2.35. The molecule has 0 radical (unpaired) electrons. The number of esters is 1. The number of anilines is 3. The van der Waals surface area contributed by atoms with Gasteiger partial charge in [-0.05, 0) is 68.1 Å². The van der Waals surface area contributed by atoms with Gasteiger partial charge in [-0.3, -0.25) is 9.59 Å². The third-order valence-electron chi connectivity index (χ3n) is 6.94. The summed E-state index contributed by atoms with van der Waals surface area (Å²) in [6, 6.07) is 19.2.